The molecule has 9 heteroatoms. The number of amides is 1. The standard InChI is InChI=1S/C23H20FN3O5/c1-2-31-22-12-16(10-11-21(22)32-15-18-6-3-4-9-20(18)24)14-25-26-23(28)17-7-5-8-19(13-17)27(29)30/h3-14H,2,15H2,1H3,(H,26,28)/b25-14+. The third-order valence-electron chi connectivity index (χ3n) is 4.31. The molecule has 0 fully saturated rings. The third kappa shape index (κ3) is 5.88. The van der Waals surface area contributed by atoms with E-state index in [2.05, 4.69) is 10.5 Å². The highest BCUT2D eigenvalue weighted by molar-refractivity contribution is 5.95. The first-order valence-corrected chi connectivity index (χ1v) is 9.69. The van der Waals surface area contributed by atoms with E-state index in [0.717, 1.165) is 0 Å². The molecule has 164 valence electrons. The smallest absolute Gasteiger partial charge is 0.271 e. The maximum absolute atomic E-state index is 13.8. The predicted molar refractivity (Wildman–Crippen MR) is 116 cm³/mol. The molecule has 0 saturated heterocycles. The molecule has 3 aromatic rings. The molecule has 0 saturated carbocycles. The second-order valence-electron chi connectivity index (χ2n) is 6.53. The zero-order chi connectivity index (χ0) is 22.9. The molecule has 3 aromatic carbocycles. The van der Waals surface area contributed by atoms with Gasteiger partial charge in [0.15, 0.2) is 11.5 Å². The first-order chi connectivity index (χ1) is 15.5. The Morgan fingerprint density at radius 2 is 1.91 bits per heavy atom. The quantitative estimate of drug-likeness (QED) is 0.302. The maximum Gasteiger partial charge on any atom is 0.271 e. The molecule has 0 aliphatic carbocycles. The van der Waals surface area contributed by atoms with Gasteiger partial charge in [-0.15, -0.1) is 0 Å². The van der Waals surface area contributed by atoms with Crippen LogP contribution in [0.1, 0.15) is 28.4 Å². The van der Waals surface area contributed by atoms with Gasteiger partial charge in [-0.2, -0.15) is 5.10 Å². The minimum atomic E-state index is -0.583. The highest BCUT2D eigenvalue weighted by atomic mass is 19.1. The van der Waals surface area contributed by atoms with Gasteiger partial charge in [-0.1, -0.05) is 24.3 Å². The van der Waals surface area contributed by atoms with Crippen molar-refractivity contribution in [3.8, 4) is 11.5 Å². The topological polar surface area (TPSA) is 103 Å². The summed E-state index contributed by atoms with van der Waals surface area (Å²) in [6.45, 7) is 2.25. The van der Waals surface area contributed by atoms with Crippen LogP contribution in [0.15, 0.2) is 71.8 Å². The number of nitrogens with one attached hydrogen (secondary N) is 1. The Morgan fingerprint density at radius 3 is 2.66 bits per heavy atom. The highest BCUT2D eigenvalue weighted by Gasteiger charge is 2.11. The van der Waals surface area contributed by atoms with E-state index < -0.39 is 10.8 Å². The van der Waals surface area contributed by atoms with Crippen molar-refractivity contribution in [1.29, 1.82) is 0 Å². The molecule has 0 aromatic heterocycles. The number of rotatable bonds is 9. The van der Waals surface area contributed by atoms with E-state index in [0.29, 0.717) is 29.2 Å². The zero-order valence-corrected chi connectivity index (χ0v) is 17.2. The molecule has 3 rings (SSSR count). The number of hydrogen-bond acceptors (Lipinski definition) is 6. The van der Waals surface area contributed by atoms with Gasteiger partial charge in [0.2, 0.25) is 0 Å². The summed E-state index contributed by atoms with van der Waals surface area (Å²) in [5.74, 6) is -0.0563. The summed E-state index contributed by atoms with van der Waals surface area (Å²) in [5, 5.41) is 14.7. The fourth-order valence-electron chi connectivity index (χ4n) is 2.75. The van der Waals surface area contributed by atoms with Crippen LogP contribution in [0.4, 0.5) is 10.1 Å². The van der Waals surface area contributed by atoms with Crippen molar-refractivity contribution >= 4 is 17.8 Å². The fraction of sp³-hybridized carbons (Fsp3) is 0.130. The number of hydrogen-bond donors (Lipinski definition) is 1. The number of carbonyl (C=O) groups excluding carboxylic acids is 1. The Labute approximate surface area is 183 Å². The Hall–Kier alpha value is -4.27. The van der Waals surface area contributed by atoms with Gasteiger partial charge in [-0.25, -0.2) is 9.82 Å². The van der Waals surface area contributed by atoms with Gasteiger partial charge in [-0.05, 0) is 42.8 Å². The van der Waals surface area contributed by atoms with E-state index in [4.69, 9.17) is 9.47 Å². The van der Waals surface area contributed by atoms with Crippen LogP contribution in [0.2, 0.25) is 0 Å². The van der Waals surface area contributed by atoms with E-state index in [9.17, 15) is 19.3 Å². The summed E-state index contributed by atoms with van der Waals surface area (Å²) in [4.78, 5) is 22.4. The van der Waals surface area contributed by atoms with Gasteiger partial charge in [0, 0.05) is 23.3 Å². The van der Waals surface area contributed by atoms with Crippen molar-refractivity contribution in [2.24, 2.45) is 5.10 Å². The molecule has 0 radical (unpaired) electrons. The zero-order valence-electron chi connectivity index (χ0n) is 17.2. The normalized spacial score (nSPS) is 10.7. The minimum absolute atomic E-state index is 0.0411. The van der Waals surface area contributed by atoms with Crippen molar-refractivity contribution in [1.82, 2.24) is 5.43 Å². The number of ether oxygens (including phenoxy) is 2. The first-order valence-electron chi connectivity index (χ1n) is 9.69. The number of carbonyl (C=O) groups is 1. The Kier molecular flexibility index (Phi) is 7.47. The summed E-state index contributed by atoms with van der Waals surface area (Å²) < 4.78 is 25.1. The van der Waals surface area contributed by atoms with Crippen LogP contribution in [-0.2, 0) is 6.61 Å². The van der Waals surface area contributed by atoms with Gasteiger partial charge >= 0.3 is 0 Å². The van der Waals surface area contributed by atoms with Crippen molar-refractivity contribution in [3.05, 3.63) is 99.4 Å². The molecule has 0 aliphatic rings. The third-order valence-corrected chi connectivity index (χ3v) is 4.31. The molecule has 0 bridgehead atoms. The van der Waals surface area contributed by atoms with Crippen molar-refractivity contribution in [2.45, 2.75) is 13.5 Å². The maximum atomic E-state index is 13.8. The number of benzene rings is 3. The average Bonchev–Trinajstić information content (AvgIpc) is 2.79. The SMILES string of the molecule is CCOc1cc(/C=N/NC(=O)c2cccc([N+](=O)[O-])c2)ccc1OCc1ccccc1F. The van der Waals surface area contributed by atoms with Gasteiger partial charge < -0.3 is 9.47 Å². The fourth-order valence-corrected chi connectivity index (χ4v) is 2.75. The first kappa shape index (κ1) is 22.4. The molecule has 1 N–H and O–H groups in total. The highest BCUT2D eigenvalue weighted by Crippen LogP contribution is 2.29. The summed E-state index contributed by atoms with van der Waals surface area (Å²) in [5.41, 5.74) is 3.29. The number of nitro benzene ring substituents is 1. The van der Waals surface area contributed by atoms with Gasteiger partial charge in [-0.3, -0.25) is 14.9 Å². The van der Waals surface area contributed by atoms with Crippen molar-refractivity contribution in [2.75, 3.05) is 6.61 Å². The number of nitro groups is 1. The van der Waals surface area contributed by atoms with Crippen LogP contribution in [0.25, 0.3) is 0 Å². The molecular weight excluding hydrogens is 417 g/mol. The van der Waals surface area contributed by atoms with E-state index in [1.165, 1.54) is 36.5 Å². The van der Waals surface area contributed by atoms with E-state index >= 15 is 0 Å². The molecule has 8 nitrogen and oxygen atoms in total. The molecule has 0 aliphatic heterocycles. The van der Waals surface area contributed by atoms with E-state index in [-0.39, 0.29) is 23.7 Å². The van der Waals surface area contributed by atoms with Gasteiger partial charge in [0.05, 0.1) is 17.7 Å². The molecular formula is C23H20FN3O5. The summed E-state index contributed by atoms with van der Waals surface area (Å²) in [7, 11) is 0. The van der Waals surface area contributed by atoms with Gasteiger partial charge in [0.25, 0.3) is 11.6 Å². The second-order valence-corrected chi connectivity index (χ2v) is 6.53. The number of nitrogens with zero attached hydrogens (tertiary/aromatic N) is 2. The largest absolute Gasteiger partial charge is 0.490 e. The molecule has 0 atom stereocenters. The molecule has 0 heterocycles. The van der Waals surface area contributed by atoms with Crippen LogP contribution in [0.5, 0.6) is 11.5 Å². The molecule has 32 heavy (non-hydrogen) atoms. The van der Waals surface area contributed by atoms with E-state index in [1.807, 2.05) is 6.92 Å². The van der Waals surface area contributed by atoms with Crippen LogP contribution in [0, 0.1) is 15.9 Å². The van der Waals surface area contributed by atoms with Crippen LogP contribution >= 0.6 is 0 Å². The summed E-state index contributed by atoms with van der Waals surface area (Å²) in [6, 6.07) is 16.7. The minimum Gasteiger partial charge on any atom is -0.490 e. The number of halogens is 1. The lowest BCUT2D eigenvalue weighted by Crippen LogP contribution is -2.17. The van der Waals surface area contributed by atoms with E-state index in [1.54, 1.807) is 36.4 Å². The second kappa shape index (κ2) is 10.7. The molecule has 1 amide bonds. The lowest BCUT2D eigenvalue weighted by Gasteiger charge is -2.13. The Balaban J connectivity index is 1.67. The lowest BCUT2D eigenvalue weighted by molar-refractivity contribution is -0.384. The predicted octanol–water partition coefficient (Wildman–Crippen LogP) is 4.48. The average molecular weight is 437 g/mol. The van der Waals surface area contributed by atoms with Crippen molar-refractivity contribution in [3.63, 3.8) is 0 Å². The molecule has 0 spiro atoms. The van der Waals surface area contributed by atoms with Crippen LogP contribution in [-0.4, -0.2) is 23.7 Å². The monoisotopic (exact) mass is 437 g/mol. The summed E-state index contributed by atoms with van der Waals surface area (Å²) >= 11 is 0. The van der Waals surface area contributed by atoms with Crippen molar-refractivity contribution < 1.29 is 23.6 Å². The Bertz CT molecular complexity index is 1150. The van der Waals surface area contributed by atoms with Gasteiger partial charge in [0.1, 0.15) is 12.4 Å². The Morgan fingerprint density at radius 1 is 1.09 bits per heavy atom. The lowest BCUT2D eigenvalue weighted by atomic mass is 10.2. The number of hydrazone groups is 1. The van der Waals surface area contributed by atoms with Crippen LogP contribution < -0.4 is 14.9 Å². The number of non-ortho nitro benzene ring substituents is 1. The van der Waals surface area contributed by atoms with Crippen LogP contribution in [0.3, 0.4) is 0 Å². The molecule has 0 unspecified atom stereocenters. The summed E-state index contributed by atoms with van der Waals surface area (Å²) in [6.07, 6.45) is 1.40.